The predicted octanol–water partition coefficient (Wildman–Crippen LogP) is 4.34. The van der Waals surface area contributed by atoms with E-state index in [-0.39, 0.29) is 23.8 Å². The normalized spacial score (nSPS) is 21.1. The summed E-state index contributed by atoms with van der Waals surface area (Å²) >= 11 is 6.04. The highest BCUT2D eigenvalue weighted by Crippen LogP contribution is 2.30. The second-order valence-electron chi connectivity index (χ2n) is 7.79. The Balaban J connectivity index is 1.51. The number of halogens is 1. The van der Waals surface area contributed by atoms with Crippen LogP contribution >= 0.6 is 11.6 Å². The minimum absolute atomic E-state index is 0.0577. The predicted molar refractivity (Wildman–Crippen MR) is 110 cm³/mol. The molecule has 0 bridgehead atoms. The molecule has 146 valence electrons. The summed E-state index contributed by atoms with van der Waals surface area (Å²) < 4.78 is 0. The molecule has 1 saturated heterocycles. The topological polar surface area (TPSA) is 49.4 Å². The molecule has 1 saturated carbocycles. The van der Waals surface area contributed by atoms with Crippen molar-refractivity contribution in [2.75, 3.05) is 6.54 Å². The zero-order valence-corrected chi connectivity index (χ0v) is 16.6. The van der Waals surface area contributed by atoms with Gasteiger partial charge in [0.2, 0.25) is 11.8 Å². The Morgan fingerprint density at radius 2 is 1.64 bits per heavy atom. The lowest BCUT2D eigenvalue weighted by Crippen LogP contribution is -2.38. The van der Waals surface area contributed by atoms with Crippen LogP contribution in [0.1, 0.15) is 49.3 Å². The molecule has 1 aliphatic heterocycles. The third kappa shape index (κ3) is 4.07. The number of carbonyl (C=O) groups is 2. The summed E-state index contributed by atoms with van der Waals surface area (Å²) in [4.78, 5) is 27.5. The fourth-order valence-electron chi connectivity index (χ4n) is 4.40. The molecule has 4 rings (SSSR count). The summed E-state index contributed by atoms with van der Waals surface area (Å²) in [6.45, 7) is 0.539. The van der Waals surface area contributed by atoms with Crippen LogP contribution in [0.5, 0.6) is 0 Å². The molecule has 4 nitrogen and oxygen atoms in total. The van der Waals surface area contributed by atoms with Gasteiger partial charge in [-0.25, -0.2) is 0 Å². The van der Waals surface area contributed by atoms with Crippen molar-refractivity contribution in [1.29, 1.82) is 0 Å². The molecule has 0 aromatic heterocycles. The lowest BCUT2D eigenvalue weighted by atomic mass is 9.97. The van der Waals surface area contributed by atoms with Crippen LogP contribution in [0.15, 0.2) is 54.6 Å². The van der Waals surface area contributed by atoms with Gasteiger partial charge in [0.1, 0.15) is 0 Å². The van der Waals surface area contributed by atoms with Crippen molar-refractivity contribution < 1.29 is 9.59 Å². The molecular formula is C23H25ClN2O2. The van der Waals surface area contributed by atoms with E-state index in [1.165, 1.54) is 12.8 Å². The zero-order chi connectivity index (χ0) is 19.5. The van der Waals surface area contributed by atoms with E-state index in [0.29, 0.717) is 24.0 Å². The minimum Gasteiger partial charge on any atom is -0.345 e. The highest BCUT2D eigenvalue weighted by molar-refractivity contribution is 6.30. The van der Waals surface area contributed by atoms with Crippen LogP contribution in [0.2, 0.25) is 5.02 Å². The van der Waals surface area contributed by atoms with Gasteiger partial charge in [0.25, 0.3) is 0 Å². The van der Waals surface area contributed by atoms with E-state index in [1.54, 1.807) is 0 Å². The van der Waals surface area contributed by atoms with Gasteiger partial charge in [-0.1, -0.05) is 66.9 Å². The smallest absolute Gasteiger partial charge is 0.226 e. The third-order valence-corrected chi connectivity index (χ3v) is 6.17. The average Bonchev–Trinajstić information content (AvgIpc) is 3.37. The first kappa shape index (κ1) is 19.0. The molecule has 0 radical (unpaired) electrons. The molecule has 1 heterocycles. The van der Waals surface area contributed by atoms with Gasteiger partial charge < -0.3 is 10.2 Å². The molecule has 2 amide bonds. The zero-order valence-electron chi connectivity index (χ0n) is 15.8. The number of nitrogens with zero attached hydrogens (tertiary/aromatic N) is 1. The molecule has 28 heavy (non-hydrogen) atoms. The average molecular weight is 397 g/mol. The van der Waals surface area contributed by atoms with Gasteiger partial charge in [0, 0.05) is 24.0 Å². The lowest BCUT2D eigenvalue weighted by molar-refractivity contribution is -0.130. The van der Waals surface area contributed by atoms with Gasteiger partial charge in [-0.05, 0) is 36.1 Å². The number of carbonyl (C=O) groups excluding carboxylic acids is 2. The maximum Gasteiger partial charge on any atom is 0.226 e. The van der Waals surface area contributed by atoms with Crippen molar-refractivity contribution in [2.24, 2.45) is 5.92 Å². The fraction of sp³-hybridized carbons (Fsp3) is 0.391. The number of benzene rings is 2. The van der Waals surface area contributed by atoms with Crippen molar-refractivity contribution in [3.8, 4) is 0 Å². The minimum atomic E-state index is -0.286. The number of nitrogens with one attached hydrogen (secondary N) is 1. The van der Waals surface area contributed by atoms with Crippen LogP contribution in [0.4, 0.5) is 0 Å². The summed E-state index contributed by atoms with van der Waals surface area (Å²) in [5.74, 6) is -0.223. The Morgan fingerprint density at radius 1 is 1.00 bits per heavy atom. The first-order valence-corrected chi connectivity index (χ1v) is 10.4. The molecule has 2 unspecified atom stereocenters. The maximum absolute atomic E-state index is 13.1. The summed E-state index contributed by atoms with van der Waals surface area (Å²) in [5, 5.41) is 3.84. The monoisotopic (exact) mass is 396 g/mol. The van der Waals surface area contributed by atoms with E-state index in [0.717, 1.165) is 24.0 Å². The standard InChI is InChI=1S/C23H25ClN2O2/c24-19-12-10-17(11-13-19)22(16-6-2-1-3-7-16)25-23(28)18-14-21(27)26(15-18)20-8-4-5-9-20/h1-3,6-7,10-13,18,20,22H,4-5,8-9,14-15H2,(H,25,28). The number of amides is 2. The summed E-state index contributed by atoms with van der Waals surface area (Å²) in [6.07, 6.45) is 4.80. The van der Waals surface area contributed by atoms with E-state index in [9.17, 15) is 9.59 Å². The number of hydrogen-bond acceptors (Lipinski definition) is 2. The van der Waals surface area contributed by atoms with E-state index < -0.39 is 0 Å². The fourth-order valence-corrected chi connectivity index (χ4v) is 4.52. The number of rotatable bonds is 5. The molecular weight excluding hydrogens is 372 g/mol. The number of likely N-dealkylation sites (tertiary alicyclic amines) is 1. The molecule has 2 atom stereocenters. The van der Waals surface area contributed by atoms with E-state index in [4.69, 9.17) is 11.6 Å². The Bertz CT molecular complexity index is 831. The van der Waals surface area contributed by atoms with E-state index in [1.807, 2.05) is 59.5 Å². The van der Waals surface area contributed by atoms with Crippen LogP contribution in [0.3, 0.4) is 0 Å². The van der Waals surface area contributed by atoms with Gasteiger partial charge in [0.05, 0.1) is 12.0 Å². The largest absolute Gasteiger partial charge is 0.345 e. The van der Waals surface area contributed by atoms with Gasteiger partial charge >= 0.3 is 0 Å². The van der Waals surface area contributed by atoms with E-state index in [2.05, 4.69) is 5.32 Å². The first-order chi connectivity index (χ1) is 13.6. The lowest BCUT2D eigenvalue weighted by Gasteiger charge is -2.25. The van der Waals surface area contributed by atoms with Crippen molar-refractivity contribution in [3.05, 3.63) is 70.7 Å². The third-order valence-electron chi connectivity index (χ3n) is 5.92. The first-order valence-electron chi connectivity index (χ1n) is 10.0. The molecule has 2 aliphatic rings. The van der Waals surface area contributed by atoms with Gasteiger partial charge in [-0.2, -0.15) is 0 Å². The van der Waals surface area contributed by atoms with Crippen LogP contribution in [0, 0.1) is 5.92 Å². The summed E-state index contributed by atoms with van der Waals surface area (Å²) in [6, 6.07) is 17.5. The SMILES string of the molecule is O=C(NC(c1ccccc1)c1ccc(Cl)cc1)C1CC(=O)N(C2CCCC2)C1. The molecule has 1 N–H and O–H groups in total. The van der Waals surface area contributed by atoms with E-state index >= 15 is 0 Å². The quantitative estimate of drug-likeness (QED) is 0.817. The molecule has 2 fully saturated rings. The maximum atomic E-state index is 13.1. The van der Waals surface area contributed by atoms with Crippen LogP contribution in [-0.2, 0) is 9.59 Å². The Hall–Kier alpha value is -2.33. The second kappa shape index (κ2) is 8.36. The Labute approximate surface area is 170 Å². The molecule has 1 aliphatic carbocycles. The Morgan fingerprint density at radius 3 is 2.32 bits per heavy atom. The molecule has 2 aromatic carbocycles. The van der Waals surface area contributed by atoms with Crippen molar-refractivity contribution >= 4 is 23.4 Å². The summed E-state index contributed by atoms with van der Waals surface area (Å²) in [7, 11) is 0. The van der Waals surface area contributed by atoms with Crippen LogP contribution in [0.25, 0.3) is 0 Å². The van der Waals surface area contributed by atoms with Gasteiger partial charge in [0.15, 0.2) is 0 Å². The van der Waals surface area contributed by atoms with Crippen molar-refractivity contribution in [3.63, 3.8) is 0 Å². The second-order valence-corrected chi connectivity index (χ2v) is 8.23. The molecule has 0 spiro atoms. The highest BCUT2D eigenvalue weighted by Gasteiger charge is 2.39. The Kier molecular flexibility index (Phi) is 5.67. The number of hydrogen-bond donors (Lipinski definition) is 1. The molecule has 2 aromatic rings. The van der Waals surface area contributed by atoms with Gasteiger partial charge in [-0.15, -0.1) is 0 Å². The van der Waals surface area contributed by atoms with Crippen LogP contribution < -0.4 is 5.32 Å². The molecule has 5 heteroatoms. The highest BCUT2D eigenvalue weighted by atomic mass is 35.5. The van der Waals surface area contributed by atoms with Crippen LogP contribution in [-0.4, -0.2) is 29.3 Å². The van der Waals surface area contributed by atoms with Crippen molar-refractivity contribution in [1.82, 2.24) is 10.2 Å². The van der Waals surface area contributed by atoms with Crippen molar-refractivity contribution in [2.45, 2.75) is 44.2 Å². The summed E-state index contributed by atoms with van der Waals surface area (Å²) in [5.41, 5.74) is 1.98. The van der Waals surface area contributed by atoms with Gasteiger partial charge in [-0.3, -0.25) is 9.59 Å².